The molecule has 5 rings (SSSR count). The van der Waals surface area contributed by atoms with Gasteiger partial charge in [-0.05, 0) is 45.5 Å². The number of hydrogen-bond donors (Lipinski definition) is 1. The molecule has 35 heavy (non-hydrogen) atoms. The van der Waals surface area contributed by atoms with Gasteiger partial charge in [0.15, 0.2) is 0 Å². The first-order valence-electron chi connectivity index (χ1n) is 11.8. The molecule has 0 fully saturated rings. The predicted molar refractivity (Wildman–Crippen MR) is 137 cm³/mol. The van der Waals surface area contributed by atoms with E-state index < -0.39 is 6.04 Å². The van der Waals surface area contributed by atoms with Gasteiger partial charge in [0.05, 0.1) is 7.11 Å². The fourth-order valence-electron chi connectivity index (χ4n) is 4.92. The summed E-state index contributed by atoms with van der Waals surface area (Å²) in [6, 6.07) is 29.2. The molecule has 1 N–H and O–H groups in total. The monoisotopic (exact) mass is 464 g/mol. The molecule has 0 aliphatic carbocycles. The van der Waals surface area contributed by atoms with Crippen LogP contribution in [0.2, 0.25) is 0 Å². The smallest absolute Gasteiger partial charge is 0.252 e. The Balaban J connectivity index is 1.47. The van der Waals surface area contributed by atoms with Crippen LogP contribution in [0.5, 0.6) is 5.75 Å². The molecule has 0 aromatic heterocycles. The minimum Gasteiger partial charge on any atom is -0.497 e. The summed E-state index contributed by atoms with van der Waals surface area (Å²) >= 11 is 0. The number of methoxy groups -OCH3 is 1. The van der Waals surface area contributed by atoms with Crippen molar-refractivity contribution in [3.63, 3.8) is 0 Å². The van der Waals surface area contributed by atoms with Gasteiger partial charge in [-0.25, -0.2) is 0 Å². The number of benzene rings is 4. The molecule has 4 aromatic carbocycles. The zero-order valence-electron chi connectivity index (χ0n) is 19.9. The van der Waals surface area contributed by atoms with Crippen LogP contribution >= 0.6 is 0 Å². The van der Waals surface area contributed by atoms with Gasteiger partial charge in [-0.1, -0.05) is 85.8 Å². The number of nitrogens with one attached hydrogen (secondary N) is 1. The van der Waals surface area contributed by atoms with Crippen LogP contribution in [0, 0.1) is 0 Å². The Bertz CT molecular complexity index is 1380. The Morgan fingerprint density at radius 1 is 0.971 bits per heavy atom. The lowest BCUT2D eigenvalue weighted by atomic mass is 9.93. The highest BCUT2D eigenvalue weighted by Gasteiger charge is 2.36. The number of hydrogen-bond acceptors (Lipinski definition) is 3. The normalized spacial score (nSPS) is 15.4. The van der Waals surface area contributed by atoms with E-state index in [1.165, 1.54) is 16.3 Å². The van der Waals surface area contributed by atoms with Gasteiger partial charge in [0.2, 0.25) is 5.91 Å². The Hall–Kier alpha value is -4.12. The van der Waals surface area contributed by atoms with Gasteiger partial charge in [-0.3, -0.25) is 9.59 Å². The van der Waals surface area contributed by atoms with Gasteiger partial charge in [-0.2, -0.15) is 0 Å². The first-order valence-corrected chi connectivity index (χ1v) is 11.8. The summed E-state index contributed by atoms with van der Waals surface area (Å²) in [5, 5.41) is 5.27. The van der Waals surface area contributed by atoms with Crippen molar-refractivity contribution in [2.24, 2.45) is 0 Å². The molecule has 1 heterocycles. The average molecular weight is 465 g/mol. The second-order valence-electron chi connectivity index (χ2n) is 9.03. The maximum atomic E-state index is 13.9. The van der Waals surface area contributed by atoms with Gasteiger partial charge in [0.1, 0.15) is 11.8 Å². The number of carbonyl (C=O) groups excluding carboxylic acids is 2. The van der Waals surface area contributed by atoms with Crippen molar-refractivity contribution in [2.45, 2.75) is 25.4 Å². The van der Waals surface area contributed by atoms with Crippen molar-refractivity contribution >= 4 is 22.6 Å². The third kappa shape index (κ3) is 4.50. The van der Waals surface area contributed by atoms with Crippen LogP contribution in [0.25, 0.3) is 10.8 Å². The van der Waals surface area contributed by atoms with E-state index in [0.717, 1.165) is 5.56 Å². The summed E-state index contributed by atoms with van der Waals surface area (Å²) in [5.74, 6) is 0.330. The third-order valence-electron chi connectivity index (χ3n) is 6.71. The molecule has 0 radical (unpaired) electrons. The molecule has 0 spiro atoms. The van der Waals surface area contributed by atoms with Gasteiger partial charge >= 0.3 is 0 Å². The lowest BCUT2D eigenvalue weighted by Crippen LogP contribution is -2.41. The molecule has 2 unspecified atom stereocenters. The third-order valence-corrected chi connectivity index (χ3v) is 6.71. The van der Waals surface area contributed by atoms with Crippen LogP contribution in [-0.4, -0.2) is 30.4 Å². The highest BCUT2D eigenvalue weighted by Crippen LogP contribution is 2.32. The highest BCUT2D eigenvalue weighted by atomic mass is 16.5. The van der Waals surface area contributed by atoms with Gasteiger partial charge in [0.25, 0.3) is 5.91 Å². The van der Waals surface area contributed by atoms with E-state index in [1.807, 2.05) is 53.4 Å². The lowest BCUT2D eigenvalue weighted by Gasteiger charge is -2.29. The summed E-state index contributed by atoms with van der Waals surface area (Å²) in [5.41, 5.74) is 3.43. The van der Waals surface area contributed by atoms with Crippen LogP contribution in [0.4, 0.5) is 0 Å². The number of nitrogens with zero attached hydrogens (tertiary/aromatic N) is 1. The summed E-state index contributed by atoms with van der Waals surface area (Å²) in [7, 11) is 1.56. The van der Waals surface area contributed by atoms with E-state index >= 15 is 0 Å². The Kier molecular flexibility index (Phi) is 6.23. The molecular formula is C30H28N2O3. The Labute approximate surface area is 205 Å². The molecule has 0 saturated carbocycles. The zero-order chi connectivity index (χ0) is 24.4. The van der Waals surface area contributed by atoms with Gasteiger partial charge in [0, 0.05) is 18.7 Å². The number of amides is 2. The SMILES string of the molecule is COc1ccc2c(c1)C(=O)NC2C(=O)N(Cc1ccccc1)CC(C)c1cccc2ccccc12. The lowest BCUT2D eigenvalue weighted by molar-refractivity contribution is -0.134. The van der Waals surface area contributed by atoms with Crippen molar-refractivity contribution in [3.8, 4) is 5.75 Å². The minimum atomic E-state index is -0.716. The second kappa shape index (κ2) is 9.63. The van der Waals surface area contributed by atoms with E-state index in [2.05, 4.69) is 42.6 Å². The molecule has 1 aliphatic rings. The average Bonchev–Trinajstić information content (AvgIpc) is 3.23. The fraction of sp³-hybridized carbons (Fsp3) is 0.200. The van der Waals surface area contributed by atoms with E-state index in [9.17, 15) is 9.59 Å². The van der Waals surface area contributed by atoms with E-state index in [-0.39, 0.29) is 17.7 Å². The first-order chi connectivity index (χ1) is 17.0. The molecule has 5 nitrogen and oxygen atoms in total. The van der Waals surface area contributed by atoms with Crippen LogP contribution in [0.3, 0.4) is 0 Å². The molecule has 176 valence electrons. The maximum absolute atomic E-state index is 13.9. The summed E-state index contributed by atoms with van der Waals surface area (Å²) < 4.78 is 5.27. The minimum absolute atomic E-state index is 0.0983. The molecule has 5 heteroatoms. The van der Waals surface area contributed by atoms with E-state index in [0.29, 0.717) is 30.0 Å². The largest absolute Gasteiger partial charge is 0.497 e. The topological polar surface area (TPSA) is 58.6 Å². The fourth-order valence-corrected chi connectivity index (χ4v) is 4.92. The Morgan fingerprint density at radius 3 is 2.51 bits per heavy atom. The van der Waals surface area contributed by atoms with Crippen LogP contribution < -0.4 is 10.1 Å². The molecule has 2 amide bonds. The summed E-state index contributed by atoms with van der Waals surface area (Å²) in [6.07, 6.45) is 0. The van der Waals surface area contributed by atoms with Crippen molar-refractivity contribution in [2.75, 3.05) is 13.7 Å². The number of fused-ring (bicyclic) bond motifs is 2. The summed E-state index contributed by atoms with van der Waals surface area (Å²) in [6.45, 7) is 3.14. The molecule has 0 bridgehead atoms. The van der Waals surface area contributed by atoms with E-state index in [4.69, 9.17) is 4.74 Å². The molecule has 1 aliphatic heterocycles. The standard InChI is InChI=1S/C30H28N2O3/c1-20(24-14-8-12-22-11-6-7-13-25(22)24)18-32(19-21-9-4-3-5-10-21)30(34)28-26-16-15-23(35-2)17-27(26)29(33)31-28/h3-17,20,28H,18-19H2,1-2H3,(H,31,33). The quantitative estimate of drug-likeness (QED) is 0.395. The Morgan fingerprint density at radius 2 is 1.71 bits per heavy atom. The van der Waals surface area contributed by atoms with Crippen molar-refractivity contribution in [1.29, 1.82) is 0 Å². The van der Waals surface area contributed by atoms with Crippen molar-refractivity contribution in [3.05, 3.63) is 113 Å². The summed E-state index contributed by atoms with van der Waals surface area (Å²) in [4.78, 5) is 28.5. The second-order valence-corrected chi connectivity index (χ2v) is 9.03. The molecular weight excluding hydrogens is 436 g/mol. The van der Waals surface area contributed by atoms with E-state index in [1.54, 1.807) is 19.2 Å². The van der Waals surface area contributed by atoms with Gasteiger partial charge < -0.3 is 15.0 Å². The molecule has 2 atom stereocenters. The number of carbonyl (C=O) groups is 2. The predicted octanol–water partition coefficient (Wildman–Crippen LogP) is 5.47. The van der Waals surface area contributed by atoms with Gasteiger partial charge in [-0.15, -0.1) is 0 Å². The molecule has 4 aromatic rings. The highest BCUT2D eigenvalue weighted by molar-refractivity contribution is 6.05. The zero-order valence-corrected chi connectivity index (χ0v) is 19.9. The number of ether oxygens (including phenoxy) is 1. The maximum Gasteiger partial charge on any atom is 0.252 e. The van der Waals surface area contributed by atoms with Crippen LogP contribution in [-0.2, 0) is 11.3 Å². The number of rotatable bonds is 7. The van der Waals surface area contributed by atoms with Crippen LogP contribution in [0.15, 0.2) is 91.0 Å². The molecule has 0 saturated heterocycles. The first kappa shape index (κ1) is 22.7. The van der Waals surface area contributed by atoms with Crippen molar-refractivity contribution in [1.82, 2.24) is 10.2 Å². The van der Waals surface area contributed by atoms with Crippen molar-refractivity contribution < 1.29 is 14.3 Å². The van der Waals surface area contributed by atoms with Crippen LogP contribution in [0.1, 0.15) is 45.9 Å².